The van der Waals surface area contributed by atoms with Crippen molar-refractivity contribution in [3.05, 3.63) is 89.5 Å². The zero-order chi connectivity index (χ0) is 21.1. The number of carbonyl (C=O) groups excluding carboxylic acids is 2. The second-order valence-electron chi connectivity index (χ2n) is 7.00. The number of aryl methyl sites for hydroxylation is 1. The molecule has 0 fully saturated rings. The molecule has 30 heavy (non-hydrogen) atoms. The van der Waals surface area contributed by atoms with E-state index in [2.05, 4.69) is 10.7 Å². The molecule has 0 spiro atoms. The summed E-state index contributed by atoms with van der Waals surface area (Å²) >= 11 is 0. The smallest absolute Gasteiger partial charge is 0.276 e. The van der Waals surface area contributed by atoms with E-state index >= 15 is 0 Å². The first kappa shape index (κ1) is 19.3. The highest BCUT2D eigenvalue weighted by atomic mass is 16.5. The van der Waals surface area contributed by atoms with E-state index in [4.69, 9.17) is 4.74 Å². The predicted molar refractivity (Wildman–Crippen MR) is 112 cm³/mol. The highest BCUT2D eigenvalue weighted by Crippen LogP contribution is 2.32. The molecule has 1 aliphatic rings. The summed E-state index contributed by atoms with van der Waals surface area (Å²) in [4.78, 5) is 25.7. The number of carbonyl (C=O) groups is 2. The van der Waals surface area contributed by atoms with Crippen molar-refractivity contribution in [3.8, 4) is 11.5 Å². The van der Waals surface area contributed by atoms with E-state index in [1.54, 1.807) is 36.4 Å². The number of anilines is 1. The van der Waals surface area contributed by atoms with Crippen molar-refractivity contribution >= 4 is 17.5 Å². The summed E-state index contributed by atoms with van der Waals surface area (Å²) in [7, 11) is 0. The maximum Gasteiger partial charge on any atom is 0.276 e. The average Bonchev–Trinajstić information content (AvgIpc) is 2.75. The van der Waals surface area contributed by atoms with Crippen LogP contribution in [0.15, 0.2) is 72.8 Å². The summed E-state index contributed by atoms with van der Waals surface area (Å²) < 4.78 is 5.55. The van der Waals surface area contributed by atoms with Crippen LogP contribution < -0.4 is 15.5 Å². The molecular weight excluding hydrogens is 382 g/mol. The van der Waals surface area contributed by atoms with E-state index in [0.717, 1.165) is 5.56 Å². The largest absolute Gasteiger partial charge is 0.508 e. The maximum absolute atomic E-state index is 13.1. The molecule has 7 nitrogen and oxygen atoms in total. The molecule has 0 saturated heterocycles. The molecule has 0 radical (unpaired) electrons. The third kappa shape index (κ3) is 4.05. The lowest BCUT2D eigenvalue weighted by atomic mass is 10.0. The summed E-state index contributed by atoms with van der Waals surface area (Å²) in [6, 6.07) is 20.9. The molecule has 3 N–H and O–H groups in total. The number of para-hydroxylation sites is 1. The van der Waals surface area contributed by atoms with Crippen molar-refractivity contribution in [1.29, 1.82) is 0 Å². The summed E-state index contributed by atoms with van der Waals surface area (Å²) in [6.07, 6.45) is -0.643. The average molecular weight is 403 g/mol. The SMILES string of the molecule is Cc1cccc(OCC(=O)NN2C(=O)c3ccccc3NC2c2ccc(O)cc2)c1. The van der Waals surface area contributed by atoms with Gasteiger partial charge in [0.1, 0.15) is 17.7 Å². The lowest BCUT2D eigenvalue weighted by molar-refractivity contribution is -0.127. The van der Waals surface area contributed by atoms with Crippen LogP contribution in [-0.2, 0) is 4.79 Å². The zero-order valence-corrected chi connectivity index (χ0v) is 16.3. The standard InChI is InChI=1S/C23H21N3O4/c1-15-5-4-6-18(13-15)30-14-21(28)25-26-22(16-9-11-17(27)12-10-16)24-20-8-3-2-7-19(20)23(26)29/h2-13,22,24,27H,14H2,1H3,(H,25,28). The molecule has 7 heteroatoms. The second kappa shape index (κ2) is 8.16. The number of amides is 2. The second-order valence-corrected chi connectivity index (χ2v) is 7.00. The molecule has 0 aliphatic carbocycles. The minimum atomic E-state index is -0.643. The highest BCUT2D eigenvalue weighted by molar-refractivity contribution is 6.02. The Morgan fingerprint density at radius 1 is 1.10 bits per heavy atom. The Hall–Kier alpha value is -4.00. The van der Waals surface area contributed by atoms with E-state index in [1.807, 2.05) is 31.2 Å². The van der Waals surface area contributed by atoms with Gasteiger partial charge in [-0.15, -0.1) is 0 Å². The van der Waals surface area contributed by atoms with Gasteiger partial charge < -0.3 is 15.2 Å². The highest BCUT2D eigenvalue weighted by Gasteiger charge is 2.34. The van der Waals surface area contributed by atoms with Crippen LogP contribution in [0.25, 0.3) is 0 Å². The number of rotatable bonds is 5. The molecule has 1 atom stereocenters. The Morgan fingerprint density at radius 3 is 2.63 bits per heavy atom. The van der Waals surface area contributed by atoms with Crippen LogP contribution >= 0.6 is 0 Å². The van der Waals surface area contributed by atoms with E-state index < -0.39 is 12.1 Å². The molecule has 1 unspecified atom stereocenters. The third-order valence-corrected chi connectivity index (χ3v) is 4.74. The predicted octanol–water partition coefficient (Wildman–Crippen LogP) is 3.38. The van der Waals surface area contributed by atoms with Gasteiger partial charge in [-0.05, 0) is 54.4 Å². The zero-order valence-electron chi connectivity index (χ0n) is 16.3. The number of phenols is 1. The fourth-order valence-corrected chi connectivity index (χ4v) is 3.28. The van der Waals surface area contributed by atoms with Crippen molar-refractivity contribution in [2.24, 2.45) is 0 Å². The van der Waals surface area contributed by atoms with Gasteiger partial charge in [-0.25, -0.2) is 5.01 Å². The van der Waals surface area contributed by atoms with Gasteiger partial charge in [0.2, 0.25) is 0 Å². The van der Waals surface area contributed by atoms with Crippen LogP contribution in [0.1, 0.15) is 27.7 Å². The van der Waals surface area contributed by atoms with Gasteiger partial charge in [-0.1, -0.05) is 36.4 Å². The summed E-state index contributed by atoms with van der Waals surface area (Å²) in [5, 5.41) is 14.1. The van der Waals surface area contributed by atoms with Gasteiger partial charge in [0.05, 0.1) is 5.56 Å². The fraction of sp³-hybridized carbons (Fsp3) is 0.130. The first-order chi connectivity index (χ1) is 14.5. The number of nitrogens with one attached hydrogen (secondary N) is 2. The van der Waals surface area contributed by atoms with E-state index in [9.17, 15) is 14.7 Å². The summed E-state index contributed by atoms with van der Waals surface area (Å²) in [5.41, 5.74) is 5.50. The van der Waals surface area contributed by atoms with Crippen molar-refractivity contribution in [3.63, 3.8) is 0 Å². The van der Waals surface area contributed by atoms with Gasteiger partial charge in [0.25, 0.3) is 11.8 Å². The number of nitrogens with zero attached hydrogens (tertiary/aromatic N) is 1. The van der Waals surface area contributed by atoms with Gasteiger partial charge in [-0.3, -0.25) is 15.0 Å². The number of ether oxygens (including phenoxy) is 1. The van der Waals surface area contributed by atoms with Gasteiger partial charge >= 0.3 is 0 Å². The van der Waals surface area contributed by atoms with Crippen LogP contribution in [0, 0.1) is 6.92 Å². The van der Waals surface area contributed by atoms with Gasteiger partial charge in [0, 0.05) is 5.69 Å². The first-order valence-corrected chi connectivity index (χ1v) is 9.48. The summed E-state index contributed by atoms with van der Waals surface area (Å²) in [6.45, 7) is 1.70. The molecule has 1 aliphatic heterocycles. The fourth-order valence-electron chi connectivity index (χ4n) is 3.28. The molecule has 152 valence electrons. The molecule has 0 saturated carbocycles. The Balaban J connectivity index is 1.55. The number of hydrogen-bond donors (Lipinski definition) is 3. The normalized spacial score (nSPS) is 15.2. The number of hydrogen-bond acceptors (Lipinski definition) is 5. The number of hydrazine groups is 1. The molecule has 3 aromatic carbocycles. The molecular formula is C23H21N3O4. The van der Waals surface area contributed by atoms with E-state index in [0.29, 0.717) is 22.6 Å². The van der Waals surface area contributed by atoms with Crippen LogP contribution in [0.4, 0.5) is 5.69 Å². The lowest BCUT2D eigenvalue weighted by Gasteiger charge is -2.37. The van der Waals surface area contributed by atoms with Gasteiger partial charge in [0.15, 0.2) is 6.61 Å². The van der Waals surface area contributed by atoms with Crippen molar-refractivity contribution in [2.45, 2.75) is 13.1 Å². The monoisotopic (exact) mass is 403 g/mol. The summed E-state index contributed by atoms with van der Waals surface area (Å²) in [5.74, 6) is -0.113. The Bertz CT molecular complexity index is 1080. The molecule has 0 aromatic heterocycles. The molecule has 2 amide bonds. The van der Waals surface area contributed by atoms with Crippen molar-refractivity contribution in [1.82, 2.24) is 10.4 Å². The lowest BCUT2D eigenvalue weighted by Crippen LogP contribution is -2.53. The number of phenolic OH excluding ortho intramolecular Hbond substituents is 1. The van der Waals surface area contributed by atoms with Crippen LogP contribution in [-0.4, -0.2) is 28.5 Å². The molecule has 0 bridgehead atoms. The molecule has 4 rings (SSSR count). The minimum Gasteiger partial charge on any atom is -0.508 e. The molecule has 1 heterocycles. The third-order valence-electron chi connectivity index (χ3n) is 4.74. The van der Waals surface area contributed by atoms with Crippen molar-refractivity contribution in [2.75, 3.05) is 11.9 Å². The Kier molecular flexibility index (Phi) is 5.26. The Labute approximate surface area is 173 Å². The Morgan fingerprint density at radius 2 is 1.87 bits per heavy atom. The topological polar surface area (TPSA) is 90.9 Å². The van der Waals surface area contributed by atoms with Crippen LogP contribution in [0.3, 0.4) is 0 Å². The van der Waals surface area contributed by atoms with Crippen LogP contribution in [0.2, 0.25) is 0 Å². The van der Waals surface area contributed by atoms with Crippen LogP contribution in [0.5, 0.6) is 11.5 Å². The number of benzene rings is 3. The number of aromatic hydroxyl groups is 1. The van der Waals surface area contributed by atoms with Crippen molar-refractivity contribution < 1.29 is 19.4 Å². The minimum absolute atomic E-state index is 0.114. The maximum atomic E-state index is 13.1. The van der Waals surface area contributed by atoms with Gasteiger partial charge in [-0.2, -0.15) is 0 Å². The quantitative estimate of drug-likeness (QED) is 0.608. The molecule has 3 aromatic rings. The van der Waals surface area contributed by atoms with E-state index in [1.165, 1.54) is 17.1 Å². The van der Waals surface area contributed by atoms with E-state index in [-0.39, 0.29) is 18.3 Å². The number of fused-ring (bicyclic) bond motifs is 1. The first-order valence-electron chi connectivity index (χ1n) is 9.48.